The lowest BCUT2D eigenvalue weighted by molar-refractivity contribution is -0.137. The number of hydrogen-bond acceptors (Lipinski definition) is 1. The van der Waals surface area contributed by atoms with Crippen LogP contribution in [0.2, 0.25) is 0 Å². The molecule has 0 aromatic rings. The zero-order valence-corrected chi connectivity index (χ0v) is 17.2. The van der Waals surface area contributed by atoms with E-state index in [1.165, 1.54) is 89.9 Å². The molecular formula is C21H43ClO2. The van der Waals surface area contributed by atoms with E-state index in [9.17, 15) is 4.79 Å². The molecule has 1 atom stereocenters. The smallest absolute Gasteiger partial charge is 0.303 e. The Hall–Kier alpha value is -0.240. The van der Waals surface area contributed by atoms with Crippen LogP contribution in [0.3, 0.4) is 0 Å². The summed E-state index contributed by atoms with van der Waals surface area (Å²) >= 11 is 0. The van der Waals surface area contributed by atoms with E-state index in [2.05, 4.69) is 13.8 Å². The van der Waals surface area contributed by atoms with Crippen LogP contribution in [0.4, 0.5) is 0 Å². The molecule has 146 valence electrons. The summed E-state index contributed by atoms with van der Waals surface area (Å²) in [5.41, 5.74) is 0. The molecule has 0 saturated heterocycles. The Balaban J connectivity index is 0. The van der Waals surface area contributed by atoms with Gasteiger partial charge in [0.05, 0.1) is 0 Å². The fourth-order valence-corrected chi connectivity index (χ4v) is 3.09. The second-order valence-corrected chi connectivity index (χ2v) is 7.40. The lowest BCUT2D eigenvalue weighted by Crippen LogP contribution is -1.93. The van der Waals surface area contributed by atoms with Gasteiger partial charge in [-0.25, -0.2) is 0 Å². The molecule has 0 aliphatic heterocycles. The first-order valence-electron chi connectivity index (χ1n) is 10.4. The van der Waals surface area contributed by atoms with Crippen molar-refractivity contribution >= 4 is 18.4 Å². The molecule has 0 aliphatic rings. The third kappa shape index (κ3) is 21.8. The van der Waals surface area contributed by atoms with E-state index >= 15 is 0 Å². The summed E-state index contributed by atoms with van der Waals surface area (Å²) in [6, 6.07) is 0. The highest BCUT2D eigenvalue weighted by molar-refractivity contribution is 5.85. The van der Waals surface area contributed by atoms with Crippen molar-refractivity contribution in [1.29, 1.82) is 0 Å². The van der Waals surface area contributed by atoms with Crippen LogP contribution < -0.4 is 0 Å². The van der Waals surface area contributed by atoms with E-state index in [0.717, 1.165) is 18.8 Å². The standard InChI is InChI=1S/C21H42O2.ClH/c1-3-20(2)18-16-14-12-10-8-6-4-5-7-9-11-13-15-17-19-21(22)23;/h20H,3-19H2,1-2H3,(H,22,23);1H. The third-order valence-corrected chi connectivity index (χ3v) is 5.03. The number of rotatable bonds is 18. The quantitative estimate of drug-likeness (QED) is 0.253. The van der Waals surface area contributed by atoms with Gasteiger partial charge in [0, 0.05) is 6.42 Å². The monoisotopic (exact) mass is 362 g/mol. The number of carbonyl (C=O) groups is 1. The number of carboxylic acids is 1. The van der Waals surface area contributed by atoms with Gasteiger partial charge in [-0.05, 0) is 12.3 Å². The molecule has 1 N–H and O–H groups in total. The molecule has 0 radical (unpaired) electrons. The van der Waals surface area contributed by atoms with Gasteiger partial charge in [0.25, 0.3) is 0 Å². The third-order valence-electron chi connectivity index (χ3n) is 5.03. The molecule has 24 heavy (non-hydrogen) atoms. The molecular weight excluding hydrogens is 320 g/mol. The van der Waals surface area contributed by atoms with Gasteiger partial charge in [0.2, 0.25) is 0 Å². The van der Waals surface area contributed by atoms with Crippen LogP contribution in [-0.4, -0.2) is 11.1 Å². The average Bonchev–Trinajstić information content (AvgIpc) is 2.53. The van der Waals surface area contributed by atoms with Gasteiger partial charge in [0.15, 0.2) is 0 Å². The van der Waals surface area contributed by atoms with Crippen LogP contribution in [0.25, 0.3) is 0 Å². The minimum absolute atomic E-state index is 0. The zero-order valence-electron chi connectivity index (χ0n) is 16.4. The lowest BCUT2D eigenvalue weighted by Gasteiger charge is -2.07. The minimum atomic E-state index is -0.652. The Labute approximate surface area is 157 Å². The van der Waals surface area contributed by atoms with Crippen molar-refractivity contribution in [1.82, 2.24) is 0 Å². The van der Waals surface area contributed by atoms with Crippen LogP contribution in [0, 0.1) is 5.92 Å². The molecule has 0 heterocycles. The summed E-state index contributed by atoms with van der Waals surface area (Å²) in [7, 11) is 0. The molecule has 0 aromatic heterocycles. The zero-order chi connectivity index (χ0) is 17.2. The first-order chi connectivity index (χ1) is 11.2. The Kier molecular flexibility index (Phi) is 22.5. The van der Waals surface area contributed by atoms with Gasteiger partial charge < -0.3 is 5.11 Å². The largest absolute Gasteiger partial charge is 0.481 e. The Morgan fingerprint density at radius 3 is 1.38 bits per heavy atom. The van der Waals surface area contributed by atoms with Crippen LogP contribution in [0.1, 0.15) is 123 Å². The van der Waals surface area contributed by atoms with Crippen molar-refractivity contribution in [2.24, 2.45) is 5.92 Å². The normalized spacial score (nSPS) is 11.9. The second-order valence-electron chi connectivity index (χ2n) is 7.40. The highest BCUT2D eigenvalue weighted by Crippen LogP contribution is 2.16. The van der Waals surface area contributed by atoms with E-state index in [-0.39, 0.29) is 12.4 Å². The molecule has 0 amide bonds. The summed E-state index contributed by atoms with van der Waals surface area (Å²) < 4.78 is 0. The molecule has 0 spiro atoms. The van der Waals surface area contributed by atoms with Gasteiger partial charge in [-0.15, -0.1) is 12.4 Å². The molecule has 0 saturated carbocycles. The fraction of sp³-hybridized carbons (Fsp3) is 0.952. The second kappa shape index (κ2) is 20.8. The Morgan fingerprint density at radius 1 is 0.708 bits per heavy atom. The summed E-state index contributed by atoms with van der Waals surface area (Å²) in [4.78, 5) is 10.4. The predicted molar refractivity (Wildman–Crippen MR) is 108 cm³/mol. The topological polar surface area (TPSA) is 37.3 Å². The van der Waals surface area contributed by atoms with Crippen molar-refractivity contribution in [3.05, 3.63) is 0 Å². The van der Waals surface area contributed by atoms with E-state index in [0.29, 0.717) is 6.42 Å². The predicted octanol–water partition coefficient (Wildman–Crippen LogP) is 7.78. The minimum Gasteiger partial charge on any atom is -0.481 e. The van der Waals surface area contributed by atoms with E-state index < -0.39 is 5.97 Å². The molecule has 3 heteroatoms. The van der Waals surface area contributed by atoms with Crippen LogP contribution in [0.15, 0.2) is 0 Å². The Morgan fingerprint density at radius 2 is 1.04 bits per heavy atom. The van der Waals surface area contributed by atoms with E-state index in [1.54, 1.807) is 0 Å². The summed E-state index contributed by atoms with van der Waals surface area (Å²) in [6.07, 6.45) is 21.6. The van der Waals surface area contributed by atoms with E-state index in [4.69, 9.17) is 5.11 Å². The summed E-state index contributed by atoms with van der Waals surface area (Å²) in [5.74, 6) is 0.271. The first kappa shape index (κ1) is 26.0. The van der Waals surface area contributed by atoms with Crippen molar-refractivity contribution in [2.45, 2.75) is 123 Å². The summed E-state index contributed by atoms with van der Waals surface area (Å²) in [5, 5.41) is 8.55. The maximum atomic E-state index is 10.4. The first-order valence-corrected chi connectivity index (χ1v) is 10.4. The molecule has 2 nitrogen and oxygen atoms in total. The Bertz CT molecular complexity index is 256. The maximum Gasteiger partial charge on any atom is 0.303 e. The number of halogens is 1. The van der Waals surface area contributed by atoms with Crippen molar-refractivity contribution in [3.63, 3.8) is 0 Å². The highest BCUT2D eigenvalue weighted by Gasteiger charge is 1.99. The number of carboxylic acid groups (broad SMARTS) is 1. The summed E-state index contributed by atoms with van der Waals surface area (Å²) in [6.45, 7) is 4.67. The van der Waals surface area contributed by atoms with Gasteiger partial charge >= 0.3 is 5.97 Å². The van der Waals surface area contributed by atoms with Crippen LogP contribution in [0.5, 0.6) is 0 Å². The highest BCUT2D eigenvalue weighted by atomic mass is 35.5. The molecule has 0 rings (SSSR count). The van der Waals surface area contributed by atoms with E-state index in [1.807, 2.05) is 0 Å². The molecule has 0 aromatic carbocycles. The van der Waals surface area contributed by atoms with Crippen molar-refractivity contribution in [3.8, 4) is 0 Å². The fourth-order valence-electron chi connectivity index (χ4n) is 3.09. The van der Waals surface area contributed by atoms with Crippen molar-refractivity contribution < 1.29 is 9.90 Å². The SMILES string of the molecule is CCC(C)CCCCCCCCCCCCCCCCC(=O)O.Cl. The number of unbranched alkanes of at least 4 members (excludes halogenated alkanes) is 13. The van der Waals surface area contributed by atoms with Gasteiger partial charge in [-0.1, -0.05) is 110 Å². The van der Waals surface area contributed by atoms with Gasteiger partial charge in [0.1, 0.15) is 0 Å². The van der Waals surface area contributed by atoms with Gasteiger partial charge in [-0.2, -0.15) is 0 Å². The van der Waals surface area contributed by atoms with Crippen LogP contribution in [-0.2, 0) is 4.79 Å². The number of hydrogen-bond donors (Lipinski definition) is 1. The molecule has 0 aliphatic carbocycles. The molecule has 0 fully saturated rings. The molecule has 0 bridgehead atoms. The average molecular weight is 363 g/mol. The van der Waals surface area contributed by atoms with Crippen molar-refractivity contribution in [2.75, 3.05) is 0 Å². The van der Waals surface area contributed by atoms with Crippen LogP contribution >= 0.6 is 12.4 Å². The number of aliphatic carboxylic acids is 1. The lowest BCUT2D eigenvalue weighted by atomic mass is 9.99. The van der Waals surface area contributed by atoms with Gasteiger partial charge in [-0.3, -0.25) is 4.79 Å². The molecule has 1 unspecified atom stereocenters. The maximum absolute atomic E-state index is 10.4.